The van der Waals surface area contributed by atoms with Crippen molar-refractivity contribution in [2.24, 2.45) is 0 Å². The number of nitrogens with one attached hydrogen (secondary N) is 1. The molecule has 0 unspecified atom stereocenters. The van der Waals surface area contributed by atoms with E-state index in [1.54, 1.807) is 0 Å². The van der Waals surface area contributed by atoms with Gasteiger partial charge in [0.2, 0.25) is 0 Å². The van der Waals surface area contributed by atoms with Gasteiger partial charge in [-0.05, 0) is 0 Å². The number of hydrogen-bond donors (Lipinski definition) is 2. The summed E-state index contributed by atoms with van der Waals surface area (Å²) in [6.45, 7) is 0.747. The minimum atomic E-state index is 0.158. The second-order valence-corrected chi connectivity index (χ2v) is 2.76. The zero-order chi connectivity index (χ0) is 8.85. The summed E-state index contributed by atoms with van der Waals surface area (Å²) in [7, 11) is 7.83. The molecule has 2 N–H and O–H groups in total. The molecular weight excluding hydrogens is 142 g/mol. The zero-order valence-corrected chi connectivity index (χ0v) is 7.76. The van der Waals surface area contributed by atoms with Crippen molar-refractivity contribution in [1.29, 1.82) is 0 Å². The summed E-state index contributed by atoms with van der Waals surface area (Å²) in [6.07, 6.45) is 0. The lowest BCUT2D eigenvalue weighted by molar-refractivity contribution is -0.472. The normalized spacial score (nSPS) is 9.18. The van der Waals surface area contributed by atoms with Crippen LogP contribution in [0.1, 0.15) is 0 Å². The maximum absolute atomic E-state index is 8.57. The minimum Gasteiger partial charge on any atom is -0.393 e. The molecule has 4 nitrogen and oxygen atoms in total. The fourth-order valence-corrected chi connectivity index (χ4v) is 0.884. The van der Waals surface area contributed by atoms with Crippen molar-refractivity contribution in [3.63, 3.8) is 0 Å². The van der Waals surface area contributed by atoms with Gasteiger partial charge in [0, 0.05) is 0 Å². The van der Waals surface area contributed by atoms with E-state index in [4.69, 9.17) is 5.11 Å². The Morgan fingerprint density at radius 3 is 2.27 bits per heavy atom. The van der Waals surface area contributed by atoms with Crippen LogP contribution in [0.4, 0.5) is 0 Å². The maximum Gasteiger partial charge on any atom is 0.347 e. The van der Waals surface area contributed by atoms with Crippen LogP contribution >= 0.6 is 0 Å². The van der Waals surface area contributed by atoms with Gasteiger partial charge in [0.1, 0.15) is 0 Å². The molecule has 0 bridgehead atoms. The first-order valence-corrected chi connectivity index (χ1v) is 3.66. The molecule has 0 aromatic carbocycles. The van der Waals surface area contributed by atoms with E-state index in [2.05, 4.69) is 5.32 Å². The molecule has 0 saturated carbocycles. The Bertz CT molecular complexity index is 139. The van der Waals surface area contributed by atoms with Gasteiger partial charge in [0.15, 0.2) is 0 Å². The van der Waals surface area contributed by atoms with E-state index in [0.717, 1.165) is 5.96 Å². The van der Waals surface area contributed by atoms with Crippen LogP contribution in [-0.2, 0) is 0 Å². The van der Waals surface area contributed by atoms with Crippen molar-refractivity contribution < 1.29 is 9.68 Å². The molecule has 4 heteroatoms. The van der Waals surface area contributed by atoms with Gasteiger partial charge in [-0.1, -0.05) is 0 Å². The van der Waals surface area contributed by atoms with Gasteiger partial charge in [-0.25, -0.2) is 0 Å². The molecule has 0 aliphatic carbocycles. The van der Waals surface area contributed by atoms with Crippen molar-refractivity contribution >= 4 is 5.96 Å². The van der Waals surface area contributed by atoms with Crippen molar-refractivity contribution in [3.05, 3.63) is 0 Å². The summed E-state index contributed by atoms with van der Waals surface area (Å²) < 4.78 is 1.97. The van der Waals surface area contributed by atoms with Crippen molar-refractivity contribution in [2.45, 2.75) is 0 Å². The summed E-state index contributed by atoms with van der Waals surface area (Å²) in [5, 5.41) is 11.7. The maximum atomic E-state index is 8.57. The van der Waals surface area contributed by atoms with Crippen molar-refractivity contribution in [2.75, 3.05) is 41.3 Å². The highest BCUT2D eigenvalue weighted by molar-refractivity contribution is 5.74. The second kappa shape index (κ2) is 4.96. The molecule has 0 aliphatic heterocycles. The molecule has 0 amide bonds. The SMILES string of the molecule is CN(C)C(NCCO)=[N+](C)C. The van der Waals surface area contributed by atoms with Gasteiger partial charge >= 0.3 is 5.96 Å². The number of hydrogen-bond acceptors (Lipinski definition) is 1. The van der Waals surface area contributed by atoms with Crippen LogP contribution in [0.15, 0.2) is 0 Å². The first-order chi connectivity index (χ1) is 5.09. The van der Waals surface area contributed by atoms with Crippen LogP contribution in [0.2, 0.25) is 0 Å². The number of rotatable bonds is 2. The molecule has 0 spiro atoms. The molecule has 0 aliphatic rings. The van der Waals surface area contributed by atoms with Gasteiger partial charge in [-0.3, -0.25) is 14.8 Å². The van der Waals surface area contributed by atoms with Gasteiger partial charge in [0.05, 0.1) is 41.3 Å². The van der Waals surface area contributed by atoms with Gasteiger partial charge in [0.25, 0.3) is 0 Å². The molecule has 0 fully saturated rings. The van der Waals surface area contributed by atoms with E-state index >= 15 is 0 Å². The van der Waals surface area contributed by atoms with Crippen LogP contribution in [0.25, 0.3) is 0 Å². The molecule has 0 atom stereocenters. The van der Waals surface area contributed by atoms with Crippen LogP contribution in [-0.4, -0.2) is 61.9 Å². The highest BCUT2D eigenvalue weighted by Crippen LogP contribution is 1.75. The summed E-state index contributed by atoms with van der Waals surface area (Å²) in [5.74, 6) is 0.999. The Balaban J connectivity index is 4.03. The standard InChI is InChI=1S/C7H17N3O/c1-9(2)7(10(3)4)8-5-6-11/h11H,5-6H2,1-4H3/p+1. The monoisotopic (exact) mass is 160 g/mol. The molecule has 0 aromatic heterocycles. The molecule has 11 heavy (non-hydrogen) atoms. The Labute approximate surface area is 68.1 Å². The number of aliphatic hydroxyl groups excluding tert-OH is 1. The number of guanidine groups is 1. The van der Waals surface area contributed by atoms with E-state index in [1.807, 2.05) is 37.7 Å². The smallest absolute Gasteiger partial charge is 0.347 e. The summed E-state index contributed by atoms with van der Waals surface area (Å²) >= 11 is 0. The van der Waals surface area contributed by atoms with E-state index in [1.165, 1.54) is 0 Å². The van der Waals surface area contributed by atoms with Crippen LogP contribution in [0.5, 0.6) is 0 Å². The molecule has 0 heterocycles. The third-order valence-electron chi connectivity index (χ3n) is 1.24. The highest BCUT2D eigenvalue weighted by Gasteiger charge is 2.08. The first-order valence-electron chi connectivity index (χ1n) is 3.66. The van der Waals surface area contributed by atoms with E-state index in [-0.39, 0.29) is 6.61 Å². The fourth-order valence-electron chi connectivity index (χ4n) is 0.884. The van der Waals surface area contributed by atoms with Crippen LogP contribution < -0.4 is 5.32 Å². The largest absolute Gasteiger partial charge is 0.393 e. The number of nitrogens with zero attached hydrogens (tertiary/aromatic N) is 2. The molecule has 0 rings (SSSR count). The molecular formula is C7H18N3O+. The van der Waals surface area contributed by atoms with Crippen LogP contribution in [0, 0.1) is 0 Å². The highest BCUT2D eigenvalue weighted by atomic mass is 16.3. The minimum absolute atomic E-state index is 0.158. The Kier molecular flexibility index (Phi) is 4.61. The predicted molar refractivity (Wildman–Crippen MR) is 45.9 cm³/mol. The van der Waals surface area contributed by atoms with Gasteiger partial charge < -0.3 is 5.11 Å². The van der Waals surface area contributed by atoms with Crippen molar-refractivity contribution in [1.82, 2.24) is 10.2 Å². The average Bonchev–Trinajstić information content (AvgIpc) is 1.87. The quantitative estimate of drug-likeness (QED) is 0.301. The molecule has 0 saturated heterocycles. The predicted octanol–water partition coefficient (Wildman–Crippen LogP) is -1.24. The lowest BCUT2D eigenvalue weighted by Gasteiger charge is -2.11. The lowest BCUT2D eigenvalue weighted by Crippen LogP contribution is -2.43. The van der Waals surface area contributed by atoms with Gasteiger partial charge in [-0.2, -0.15) is 0 Å². The van der Waals surface area contributed by atoms with Gasteiger partial charge in [-0.15, -0.1) is 0 Å². The number of aliphatic hydroxyl groups is 1. The van der Waals surface area contributed by atoms with Crippen LogP contribution in [0.3, 0.4) is 0 Å². The summed E-state index contributed by atoms with van der Waals surface area (Å²) in [6, 6.07) is 0. The van der Waals surface area contributed by atoms with Crippen molar-refractivity contribution in [3.8, 4) is 0 Å². The van der Waals surface area contributed by atoms with E-state index in [0.29, 0.717) is 6.54 Å². The third kappa shape index (κ3) is 3.83. The summed E-state index contributed by atoms with van der Waals surface area (Å²) in [5.41, 5.74) is 0. The third-order valence-corrected chi connectivity index (χ3v) is 1.24. The molecule has 0 radical (unpaired) electrons. The van der Waals surface area contributed by atoms with E-state index in [9.17, 15) is 0 Å². The Morgan fingerprint density at radius 2 is 2.00 bits per heavy atom. The molecule has 66 valence electrons. The average molecular weight is 160 g/mol. The lowest BCUT2D eigenvalue weighted by atomic mass is 10.6. The van der Waals surface area contributed by atoms with E-state index < -0.39 is 0 Å². The second-order valence-electron chi connectivity index (χ2n) is 2.76. The zero-order valence-electron chi connectivity index (χ0n) is 7.76. The fraction of sp³-hybridized carbons (Fsp3) is 0.857. The topological polar surface area (TPSA) is 38.5 Å². The first kappa shape index (κ1) is 10.2. The molecule has 0 aromatic rings. The Morgan fingerprint density at radius 1 is 1.45 bits per heavy atom. The summed E-state index contributed by atoms with van der Waals surface area (Å²) in [4.78, 5) is 1.97. The Hall–Kier alpha value is -0.770.